The van der Waals surface area contributed by atoms with Crippen LogP contribution in [-0.2, 0) is 15.5 Å². The van der Waals surface area contributed by atoms with Crippen LogP contribution in [0.1, 0.15) is 49.5 Å². The molecule has 0 bridgehead atoms. The first-order valence-electron chi connectivity index (χ1n) is 7.06. The van der Waals surface area contributed by atoms with Crippen LogP contribution in [0, 0.1) is 0 Å². The molecule has 0 aromatic heterocycles. The second-order valence-corrected chi connectivity index (χ2v) is 8.55. The molecule has 0 radical (unpaired) electrons. The minimum absolute atomic E-state index is 0.0262. The maximum atomic E-state index is 12.8. The van der Waals surface area contributed by atoms with Crippen molar-refractivity contribution in [3.05, 3.63) is 29.3 Å². The molecule has 0 unspecified atom stereocenters. The van der Waals surface area contributed by atoms with Gasteiger partial charge in [-0.1, -0.05) is 13.0 Å². The standard InChI is InChI=1S/C15H20ClNO3S/c1-4-11-6-7-12(21(16,19)20)10-13(11)14(18)17-9-5-8-15(17,2)3/h6-7,10H,4-5,8-9H2,1-3H3. The number of hydrogen-bond acceptors (Lipinski definition) is 3. The zero-order chi connectivity index (χ0) is 15.8. The van der Waals surface area contributed by atoms with Crippen molar-refractivity contribution in [3.8, 4) is 0 Å². The van der Waals surface area contributed by atoms with Crippen LogP contribution in [0.2, 0.25) is 0 Å². The van der Waals surface area contributed by atoms with E-state index in [0.29, 0.717) is 18.5 Å². The maximum absolute atomic E-state index is 12.8. The summed E-state index contributed by atoms with van der Waals surface area (Å²) in [5.74, 6) is -0.114. The summed E-state index contributed by atoms with van der Waals surface area (Å²) >= 11 is 0. The van der Waals surface area contributed by atoms with E-state index < -0.39 is 9.05 Å². The summed E-state index contributed by atoms with van der Waals surface area (Å²) in [6.45, 7) is 6.71. The van der Waals surface area contributed by atoms with Gasteiger partial charge in [-0.25, -0.2) is 8.42 Å². The number of carbonyl (C=O) groups excluding carboxylic acids is 1. The predicted octanol–water partition coefficient (Wildman–Crippen LogP) is 3.19. The Bertz CT molecular complexity index is 667. The third-order valence-corrected chi connectivity index (χ3v) is 5.47. The van der Waals surface area contributed by atoms with Crippen molar-refractivity contribution in [1.82, 2.24) is 4.90 Å². The van der Waals surface area contributed by atoms with Gasteiger partial charge in [0.2, 0.25) is 0 Å². The van der Waals surface area contributed by atoms with Crippen molar-refractivity contribution in [1.29, 1.82) is 0 Å². The summed E-state index contributed by atoms with van der Waals surface area (Å²) in [6.07, 6.45) is 2.58. The van der Waals surface area contributed by atoms with Crippen molar-refractivity contribution in [2.75, 3.05) is 6.54 Å². The number of halogens is 1. The van der Waals surface area contributed by atoms with Gasteiger partial charge in [0.15, 0.2) is 0 Å². The van der Waals surface area contributed by atoms with E-state index in [2.05, 4.69) is 0 Å². The van der Waals surface area contributed by atoms with E-state index >= 15 is 0 Å². The van der Waals surface area contributed by atoms with Gasteiger partial charge in [0.25, 0.3) is 15.0 Å². The Kier molecular flexibility index (Phi) is 4.36. The van der Waals surface area contributed by atoms with Gasteiger partial charge in [-0.2, -0.15) is 0 Å². The van der Waals surface area contributed by atoms with Gasteiger partial charge in [0.05, 0.1) is 4.90 Å². The van der Waals surface area contributed by atoms with E-state index in [4.69, 9.17) is 10.7 Å². The highest BCUT2D eigenvalue weighted by molar-refractivity contribution is 8.13. The highest BCUT2D eigenvalue weighted by Gasteiger charge is 2.36. The summed E-state index contributed by atoms with van der Waals surface area (Å²) in [5, 5.41) is 0. The van der Waals surface area contributed by atoms with Crippen LogP contribution in [0.3, 0.4) is 0 Å². The van der Waals surface area contributed by atoms with Crippen LogP contribution in [-0.4, -0.2) is 31.3 Å². The molecule has 21 heavy (non-hydrogen) atoms. The van der Waals surface area contributed by atoms with Crippen LogP contribution in [0.4, 0.5) is 0 Å². The molecule has 0 saturated carbocycles. The van der Waals surface area contributed by atoms with Gasteiger partial charge in [-0.15, -0.1) is 0 Å². The van der Waals surface area contributed by atoms with Crippen molar-refractivity contribution >= 4 is 25.6 Å². The molecule has 0 spiro atoms. The molecule has 0 N–H and O–H groups in total. The fraction of sp³-hybridized carbons (Fsp3) is 0.533. The topological polar surface area (TPSA) is 54.5 Å². The number of carbonyl (C=O) groups is 1. The normalized spacial score (nSPS) is 18.0. The van der Waals surface area contributed by atoms with Gasteiger partial charge in [0.1, 0.15) is 0 Å². The quantitative estimate of drug-likeness (QED) is 0.800. The largest absolute Gasteiger partial charge is 0.334 e. The number of likely N-dealkylation sites (tertiary alicyclic amines) is 1. The lowest BCUT2D eigenvalue weighted by molar-refractivity contribution is 0.0650. The van der Waals surface area contributed by atoms with Crippen molar-refractivity contribution in [2.45, 2.75) is 50.5 Å². The lowest BCUT2D eigenvalue weighted by Crippen LogP contribution is -2.43. The summed E-state index contributed by atoms with van der Waals surface area (Å²) in [5.41, 5.74) is 1.08. The Morgan fingerprint density at radius 2 is 2.05 bits per heavy atom. The first kappa shape index (κ1) is 16.3. The zero-order valence-electron chi connectivity index (χ0n) is 12.5. The molecule has 1 aromatic rings. The highest BCUT2D eigenvalue weighted by Crippen LogP contribution is 2.31. The lowest BCUT2D eigenvalue weighted by Gasteiger charge is -2.32. The first-order chi connectivity index (χ1) is 9.66. The van der Waals surface area contributed by atoms with Crippen molar-refractivity contribution in [3.63, 3.8) is 0 Å². The van der Waals surface area contributed by atoms with E-state index in [1.807, 2.05) is 25.7 Å². The first-order valence-corrected chi connectivity index (χ1v) is 9.37. The fourth-order valence-electron chi connectivity index (χ4n) is 2.84. The molecule has 1 aliphatic heterocycles. The van der Waals surface area contributed by atoms with E-state index in [0.717, 1.165) is 18.4 Å². The number of amides is 1. The molecule has 2 rings (SSSR count). The predicted molar refractivity (Wildman–Crippen MR) is 83.2 cm³/mol. The van der Waals surface area contributed by atoms with Crippen molar-refractivity contribution in [2.24, 2.45) is 0 Å². The summed E-state index contributed by atoms with van der Waals surface area (Å²) in [6, 6.07) is 4.52. The SMILES string of the molecule is CCc1ccc(S(=O)(=O)Cl)cc1C(=O)N1CCCC1(C)C. The Balaban J connectivity index is 2.49. The third kappa shape index (κ3) is 3.24. The Morgan fingerprint density at radius 3 is 2.52 bits per heavy atom. The Hall–Kier alpha value is -1.07. The van der Waals surface area contributed by atoms with Gasteiger partial charge >= 0.3 is 0 Å². The molecule has 6 heteroatoms. The smallest absolute Gasteiger partial charge is 0.261 e. The molecule has 1 amide bonds. The summed E-state index contributed by atoms with van der Waals surface area (Å²) < 4.78 is 23.0. The van der Waals surface area contributed by atoms with Gasteiger partial charge in [-0.3, -0.25) is 4.79 Å². The van der Waals surface area contributed by atoms with E-state index in [1.54, 1.807) is 6.07 Å². The molecular weight excluding hydrogens is 310 g/mol. The van der Waals surface area contributed by atoms with E-state index in [1.165, 1.54) is 12.1 Å². The number of rotatable bonds is 3. The van der Waals surface area contributed by atoms with E-state index in [-0.39, 0.29) is 16.3 Å². The van der Waals surface area contributed by atoms with Gasteiger partial charge in [-0.05, 0) is 50.8 Å². The van der Waals surface area contributed by atoms with Crippen LogP contribution in [0.25, 0.3) is 0 Å². The molecule has 1 heterocycles. The number of benzene rings is 1. The zero-order valence-corrected chi connectivity index (χ0v) is 14.1. The van der Waals surface area contributed by atoms with E-state index in [9.17, 15) is 13.2 Å². The average Bonchev–Trinajstić information content (AvgIpc) is 2.75. The summed E-state index contributed by atoms with van der Waals surface area (Å²) in [7, 11) is 1.56. The monoisotopic (exact) mass is 329 g/mol. The molecule has 1 fully saturated rings. The minimum Gasteiger partial charge on any atom is -0.334 e. The third-order valence-electron chi connectivity index (χ3n) is 4.12. The lowest BCUT2D eigenvalue weighted by atomic mass is 9.99. The molecule has 1 aromatic carbocycles. The van der Waals surface area contributed by atoms with Crippen LogP contribution in [0.15, 0.2) is 23.1 Å². The summed E-state index contributed by atoms with van der Waals surface area (Å²) in [4.78, 5) is 14.6. The Labute approximate surface area is 130 Å². The molecule has 116 valence electrons. The number of aryl methyl sites for hydroxylation is 1. The molecule has 4 nitrogen and oxygen atoms in total. The molecular formula is C15H20ClNO3S. The Morgan fingerprint density at radius 1 is 1.38 bits per heavy atom. The molecule has 0 atom stereocenters. The second-order valence-electron chi connectivity index (χ2n) is 5.98. The van der Waals surface area contributed by atoms with Gasteiger partial charge < -0.3 is 4.90 Å². The second kappa shape index (κ2) is 5.61. The highest BCUT2D eigenvalue weighted by atomic mass is 35.7. The molecule has 1 saturated heterocycles. The fourth-order valence-corrected chi connectivity index (χ4v) is 3.62. The van der Waals surface area contributed by atoms with Crippen LogP contribution >= 0.6 is 10.7 Å². The minimum atomic E-state index is -3.83. The van der Waals surface area contributed by atoms with Crippen LogP contribution in [0.5, 0.6) is 0 Å². The molecule has 0 aliphatic carbocycles. The average molecular weight is 330 g/mol. The maximum Gasteiger partial charge on any atom is 0.261 e. The number of hydrogen-bond donors (Lipinski definition) is 0. The van der Waals surface area contributed by atoms with Gasteiger partial charge in [0, 0.05) is 28.3 Å². The van der Waals surface area contributed by atoms with Crippen LogP contribution < -0.4 is 0 Å². The van der Waals surface area contributed by atoms with Crippen molar-refractivity contribution < 1.29 is 13.2 Å². The molecule has 1 aliphatic rings. The number of nitrogens with zero attached hydrogens (tertiary/aromatic N) is 1.